The number of rotatable bonds is 7. The third-order valence-electron chi connectivity index (χ3n) is 6.55. The number of nitrogens with zero attached hydrogens (tertiary/aromatic N) is 3. The predicted molar refractivity (Wildman–Crippen MR) is 145 cm³/mol. The molecule has 4 aromatic rings. The van der Waals surface area contributed by atoms with Gasteiger partial charge in [0.25, 0.3) is 11.8 Å². The van der Waals surface area contributed by atoms with E-state index in [1.807, 2.05) is 24.3 Å². The number of imidazole rings is 1. The molecule has 0 unspecified atom stereocenters. The highest BCUT2D eigenvalue weighted by Gasteiger charge is 2.26. The summed E-state index contributed by atoms with van der Waals surface area (Å²) in [5.74, 6) is -0.469. The fourth-order valence-corrected chi connectivity index (χ4v) is 5.69. The standard InChI is InChI=1S/C29H26N4O4S/c1-32(28(34)15-8-21-6-9-22(10-7-21)29(35)33-17-16-30-20-33)26-11-13-27(14-12-26)38(36,37)31-25-18-23-4-2-3-5-24(23)19-25/h2-17,20,25,31H,18-19H2,1H3/b15-8+. The van der Waals surface area contributed by atoms with Gasteiger partial charge in [0, 0.05) is 42.8 Å². The average Bonchev–Trinajstić information content (AvgIpc) is 3.61. The minimum Gasteiger partial charge on any atom is -0.312 e. The van der Waals surface area contributed by atoms with Gasteiger partial charge < -0.3 is 4.90 Å². The summed E-state index contributed by atoms with van der Waals surface area (Å²) in [5.41, 5.74) is 4.17. The average molecular weight is 527 g/mol. The summed E-state index contributed by atoms with van der Waals surface area (Å²) in [7, 11) is -2.07. The van der Waals surface area contributed by atoms with Crippen LogP contribution in [0.25, 0.3) is 6.08 Å². The van der Waals surface area contributed by atoms with Crippen LogP contribution in [0.5, 0.6) is 0 Å². The number of amides is 1. The lowest BCUT2D eigenvalue weighted by Gasteiger charge is -2.17. The molecule has 1 heterocycles. The molecule has 0 spiro atoms. The van der Waals surface area contributed by atoms with Crippen LogP contribution in [0.3, 0.4) is 0 Å². The summed E-state index contributed by atoms with van der Waals surface area (Å²) < 4.78 is 30.0. The van der Waals surface area contributed by atoms with Crippen LogP contribution < -0.4 is 9.62 Å². The van der Waals surface area contributed by atoms with Gasteiger partial charge in [-0.15, -0.1) is 0 Å². The molecule has 1 N–H and O–H groups in total. The van der Waals surface area contributed by atoms with Gasteiger partial charge in [-0.1, -0.05) is 36.4 Å². The normalized spacial score (nSPS) is 13.5. The Balaban J connectivity index is 1.19. The first-order valence-electron chi connectivity index (χ1n) is 12.1. The molecule has 1 amide bonds. The Kier molecular flexibility index (Phi) is 7.04. The number of hydrogen-bond donors (Lipinski definition) is 1. The largest absolute Gasteiger partial charge is 0.312 e. The number of likely N-dealkylation sites (N-methyl/N-ethyl adjacent to an activating group) is 1. The minimum atomic E-state index is -3.69. The fourth-order valence-electron chi connectivity index (χ4n) is 4.45. The predicted octanol–water partition coefficient (Wildman–Crippen LogP) is 3.69. The van der Waals surface area contributed by atoms with Crippen LogP contribution in [-0.4, -0.2) is 42.9 Å². The number of fused-ring (bicyclic) bond motifs is 1. The van der Waals surface area contributed by atoms with E-state index in [-0.39, 0.29) is 22.8 Å². The lowest BCUT2D eigenvalue weighted by Crippen LogP contribution is -2.35. The molecule has 0 saturated carbocycles. The molecule has 8 nitrogen and oxygen atoms in total. The lowest BCUT2D eigenvalue weighted by atomic mass is 10.1. The lowest BCUT2D eigenvalue weighted by molar-refractivity contribution is -0.113. The van der Waals surface area contributed by atoms with Crippen LogP contribution >= 0.6 is 0 Å². The second-order valence-electron chi connectivity index (χ2n) is 9.12. The second-order valence-corrected chi connectivity index (χ2v) is 10.8. The van der Waals surface area contributed by atoms with Crippen molar-refractivity contribution in [3.05, 3.63) is 120 Å². The van der Waals surface area contributed by atoms with Gasteiger partial charge in [0.2, 0.25) is 10.0 Å². The van der Waals surface area contributed by atoms with Crippen LogP contribution in [-0.2, 0) is 27.7 Å². The van der Waals surface area contributed by atoms with Crippen molar-refractivity contribution >= 4 is 33.6 Å². The third kappa shape index (κ3) is 5.49. The van der Waals surface area contributed by atoms with Gasteiger partial charge in [0.1, 0.15) is 6.33 Å². The van der Waals surface area contributed by atoms with Gasteiger partial charge in [-0.3, -0.25) is 14.2 Å². The molecule has 1 aromatic heterocycles. The zero-order valence-corrected chi connectivity index (χ0v) is 21.5. The quantitative estimate of drug-likeness (QED) is 0.370. The molecule has 0 radical (unpaired) electrons. The Labute approximate surface area is 221 Å². The number of benzene rings is 3. The summed E-state index contributed by atoms with van der Waals surface area (Å²) in [5, 5.41) is 0. The van der Waals surface area contributed by atoms with E-state index in [0.717, 1.165) is 5.56 Å². The van der Waals surface area contributed by atoms with E-state index < -0.39 is 10.0 Å². The number of nitrogens with one attached hydrogen (secondary N) is 1. The summed E-state index contributed by atoms with van der Waals surface area (Å²) in [6.45, 7) is 0. The molecule has 192 valence electrons. The first-order valence-corrected chi connectivity index (χ1v) is 13.6. The Morgan fingerprint density at radius 2 is 1.63 bits per heavy atom. The molecule has 0 fully saturated rings. The summed E-state index contributed by atoms with van der Waals surface area (Å²) >= 11 is 0. The molecule has 1 aliphatic carbocycles. The van der Waals surface area contributed by atoms with Gasteiger partial charge in [0.05, 0.1) is 4.90 Å². The maximum absolute atomic E-state index is 12.9. The van der Waals surface area contributed by atoms with Crippen LogP contribution in [0.2, 0.25) is 0 Å². The Morgan fingerprint density at radius 1 is 0.974 bits per heavy atom. The van der Waals surface area contributed by atoms with E-state index in [1.165, 1.54) is 51.3 Å². The molecule has 3 aromatic carbocycles. The van der Waals surface area contributed by atoms with Gasteiger partial charge in [-0.2, -0.15) is 0 Å². The van der Waals surface area contributed by atoms with E-state index in [2.05, 4.69) is 9.71 Å². The SMILES string of the molecule is CN(C(=O)/C=C/c1ccc(C(=O)n2ccnc2)cc1)c1ccc(S(=O)(=O)NC2Cc3ccccc3C2)cc1. The number of aromatic nitrogens is 2. The van der Waals surface area contributed by atoms with Crippen LogP contribution in [0, 0.1) is 0 Å². The van der Waals surface area contributed by atoms with Crippen molar-refractivity contribution in [1.82, 2.24) is 14.3 Å². The summed E-state index contributed by atoms with van der Waals surface area (Å²) in [6, 6.07) is 20.9. The van der Waals surface area contributed by atoms with Gasteiger partial charge in [-0.05, 0) is 72.0 Å². The third-order valence-corrected chi connectivity index (χ3v) is 8.09. The molecule has 38 heavy (non-hydrogen) atoms. The van der Waals surface area contributed by atoms with Gasteiger partial charge in [-0.25, -0.2) is 18.1 Å². The highest BCUT2D eigenvalue weighted by atomic mass is 32.2. The fraction of sp³-hybridized carbons (Fsp3) is 0.138. The van der Waals surface area contributed by atoms with Crippen molar-refractivity contribution in [1.29, 1.82) is 0 Å². The van der Waals surface area contributed by atoms with E-state index >= 15 is 0 Å². The number of sulfonamides is 1. The second kappa shape index (κ2) is 10.6. The Hall–Kier alpha value is -4.34. The minimum absolute atomic E-state index is 0.152. The van der Waals surface area contributed by atoms with Crippen LogP contribution in [0.1, 0.15) is 27.0 Å². The number of hydrogen-bond acceptors (Lipinski definition) is 5. The topological polar surface area (TPSA) is 101 Å². The molecule has 0 atom stereocenters. The zero-order chi connectivity index (χ0) is 26.7. The number of carbonyl (C=O) groups excluding carboxylic acids is 2. The van der Waals surface area contributed by atoms with Gasteiger partial charge >= 0.3 is 0 Å². The molecule has 9 heteroatoms. The molecular formula is C29H26N4O4S. The zero-order valence-electron chi connectivity index (χ0n) is 20.7. The van der Waals surface area contributed by atoms with Crippen molar-refractivity contribution < 1.29 is 18.0 Å². The van der Waals surface area contributed by atoms with E-state index in [1.54, 1.807) is 55.7 Å². The van der Waals surface area contributed by atoms with Crippen LogP contribution in [0.15, 0.2) is 102 Å². The van der Waals surface area contributed by atoms with Crippen molar-refractivity contribution in [2.75, 3.05) is 11.9 Å². The van der Waals surface area contributed by atoms with Crippen molar-refractivity contribution in [2.24, 2.45) is 0 Å². The van der Waals surface area contributed by atoms with Crippen molar-refractivity contribution in [2.45, 2.75) is 23.8 Å². The Morgan fingerprint density at radius 3 is 2.24 bits per heavy atom. The van der Waals surface area contributed by atoms with Gasteiger partial charge in [0.15, 0.2) is 0 Å². The Bertz CT molecular complexity index is 1570. The maximum Gasteiger partial charge on any atom is 0.263 e. The molecule has 0 saturated heterocycles. The summed E-state index contributed by atoms with van der Waals surface area (Å²) in [6.07, 6.45) is 8.98. The number of carbonyl (C=O) groups is 2. The monoisotopic (exact) mass is 526 g/mol. The van der Waals surface area contributed by atoms with E-state index in [9.17, 15) is 18.0 Å². The molecular weight excluding hydrogens is 500 g/mol. The molecule has 1 aliphatic rings. The van der Waals surface area contributed by atoms with Crippen LogP contribution in [0.4, 0.5) is 5.69 Å². The summed E-state index contributed by atoms with van der Waals surface area (Å²) in [4.78, 5) is 30.5. The molecule has 0 bridgehead atoms. The molecule has 5 rings (SSSR count). The number of anilines is 1. The van der Waals surface area contributed by atoms with Crippen molar-refractivity contribution in [3.8, 4) is 0 Å². The first-order chi connectivity index (χ1) is 18.3. The van der Waals surface area contributed by atoms with Crippen molar-refractivity contribution in [3.63, 3.8) is 0 Å². The van der Waals surface area contributed by atoms with E-state index in [0.29, 0.717) is 24.1 Å². The maximum atomic E-state index is 12.9. The van der Waals surface area contributed by atoms with E-state index in [4.69, 9.17) is 0 Å². The highest BCUT2D eigenvalue weighted by molar-refractivity contribution is 7.89. The highest BCUT2D eigenvalue weighted by Crippen LogP contribution is 2.24. The molecule has 0 aliphatic heterocycles. The first kappa shape index (κ1) is 25.3. The smallest absolute Gasteiger partial charge is 0.263 e.